The van der Waals surface area contributed by atoms with E-state index in [1.807, 2.05) is 30.3 Å². The Morgan fingerprint density at radius 1 is 1.24 bits per heavy atom. The highest BCUT2D eigenvalue weighted by Gasteiger charge is 2.14. The van der Waals surface area contributed by atoms with Crippen LogP contribution < -0.4 is 10.5 Å². The van der Waals surface area contributed by atoms with E-state index in [2.05, 4.69) is 28.8 Å². The molecule has 1 atom stereocenters. The van der Waals surface area contributed by atoms with Crippen LogP contribution >= 0.6 is 0 Å². The minimum atomic E-state index is 0.130. The van der Waals surface area contributed by atoms with Gasteiger partial charge in [0.15, 0.2) is 0 Å². The number of ether oxygens (including phenoxy) is 1. The number of nitrogens with two attached hydrogens (primary N) is 1. The molecule has 0 saturated heterocycles. The molecule has 0 amide bonds. The molecule has 2 rings (SSSR count). The summed E-state index contributed by atoms with van der Waals surface area (Å²) >= 11 is 0. The summed E-state index contributed by atoms with van der Waals surface area (Å²) in [7, 11) is 2.06. The molecular weight excluding hydrogens is 264 g/mol. The summed E-state index contributed by atoms with van der Waals surface area (Å²) in [5.74, 6) is 2.17. The largest absolute Gasteiger partial charge is 0.494 e. The first kappa shape index (κ1) is 15.3. The fourth-order valence-electron chi connectivity index (χ4n) is 2.00. The van der Waals surface area contributed by atoms with Gasteiger partial charge in [0.2, 0.25) is 0 Å². The van der Waals surface area contributed by atoms with Gasteiger partial charge in [0.05, 0.1) is 12.6 Å². The lowest BCUT2D eigenvalue weighted by molar-refractivity contribution is 0.220. The number of hydrogen-bond acceptors (Lipinski definition) is 5. The highest BCUT2D eigenvalue weighted by Crippen LogP contribution is 2.15. The summed E-state index contributed by atoms with van der Waals surface area (Å²) in [5.41, 5.74) is 5.69. The van der Waals surface area contributed by atoms with Crippen LogP contribution in [0.1, 0.15) is 25.2 Å². The van der Waals surface area contributed by atoms with Gasteiger partial charge in [-0.1, -0.05) is 18.2 Å². The molecule has 0 aliphatic carbocycles. The number of benzene rings is 1. The van der Waals surface area contributed by atoms with E-state index >= 15 is 0 Å². The maximum absolute atomic E-state index is 5.69. The van der Waals surface area contributed by atoms with Crippen LogP contribution in [0.2, 0.25) is 0 Å². The maximum Gasteiger partial charge on any atom is 0.147 e. The third kappa shape index (κ3) is 4.72. The molecule has 0 bridgehead atoms. The van der Waals surface area contributed by atoms with Crippen LogP contribution in [0.4, 0.5) is 5.82 Å². The van der Waals surface area contributed by atoms with Crippen LogP contribution in [0.15, 0.2) is 42.6 Å². The zero-order valence-electron chi connectivity index (χ0n) is 12.6. The number of para-hydroxylation sites is 1. The third-order valence-corrected chi connectivity index (χ3v) is 3.40. The van der Waals surface area contributed by atoms with E-state index in [-0.39, 0.29) is 6.04 Å². The van der Waals surface area contributed by atoms with Gasteiger partial charge in [0.1, 0.15) is 17.4 Å². The van der Waals surface area contributed by atoms with Crippen LogP contribution in [0.5, 0.6) is 5.75 Å². The number of aromatic nitrogens is 2. The standard InChI is InChI=1S/C16H22N4O/c1-13(16-18-10-9-15(17)19-16)20(2)11-6-12-21-14-7-4-3-5-8-14/h3-5,7-10,13H,6,11-12H2,1-2H3,(H2,17,18,19). The number of nitrogens with zero attached hydrogens (tertiary/aromatic N) is 3. The Balaban J connectivity index is 1.75. The molecule has 0 saturated carbocycles. The Morgan fingerprint density at radius 3 is 2.71 bits per heavy atom. The van der Waals surface area contributed by atoms with Crippen molar-refractivity contribution in [2.45, 2.75) is 19.4 Å². The Morgan fingerprint density at radius 2 is 2.00 bits per heavy atom. The molecule has 1 unspecified atom stereocenters. The highest BCUT2D eigenvalue weighted by atomic mass is 16.5. The molecule has 1 aromatic heterocycles. The van der Waals surface area contributed by atoms with E-state index in [0.29, 0.717) is 12.4 Å². The molecule has 112 valence electrons. The van der Waals surface area contributed by atoms with E-state index in [1.54, 1.807) is 12.3 Å². The van der Waals surface area contributed by atoms with Crippen molar-refractivity contribution in [2.24, 2.45) is 0 Å². The SMILES string of the molecule is CC(c1nccc(N)n1)N(C)CCCOc1ccccc1. The van der Waals surface area contributed by atoms with Gasteiger partial charge < -0.3 is 10.5 Å². The van der Waals surface area contributed by atoms with Crippen molar-refractivity contribution >= 4 is 5.82 Å². The van der Waals surface area contributed by atoms with Crippen molar-refractivity contribution in [1.29, 1.82) is 0 Å². The summed E-state index contributed by atoms with van der Waals surface area (Å²) < 4.78 is 5.68. The molecule has 2 aromatic rings. The predicted molar refractivity (Wildman–Crippen MR) is 84.0 cm³/mol. The monoisotopic (exact) mass is 286 g/mol. The second kappa shape index (κ2) is 7.59. The van der Waals surface area contributed by atoms with Gasteiger partial charge in [-0.05, 0) is 38.6 Å². The van der Waals surface area contributed by atoms with Gasteiger partial charge in [-0.3, -0.25) is 4.90 Å². The maximum atomic E-state index is 5.69. The van der Waals surface area contributed by atoms with Crippen LogP contribution in [-0.2, 0) is 0 Å². The van der Waals surface area contributed by atoms with Gasteiger partial charge in [-0.15, -0.1) is 0 Å². The molecule has 0 aliphatic rings. The van der Waals surface area contributed by atoms with Crippen molar-refractivity contribution in [3.05, 3.63) is 48.4 Å². The number of nitrogen functional groups attached to an aromatic ring is 1. The van der Waals surface area contributed by atoms with E-state index in [1.165, 1.54) is 0 Å². The van der Waals surface area contributed by atoms with Gasteiger partial charge in [0, 0.05) is 12.7 Å². The molecule has 0 aliphatic heterocycles. The fraction of sp³-hybridized carbons (Fsp3) is 0.375. The molecule has 2 N–H and O–H groups in total. The molecule has 21 heavy (non-hydrogen) atoms. The summed E-state index contributed by atoms with van der Waals surface area (Å²) in [5, 5.41) is 0. The summed E-state index contributed by atoms with van der Waals surface area (Å²) in [6, 6.07) is 11.7. The normalized spacial score (nSPS) is 12.3. The second-order valence-corrected chi connectivity index (χ2v) is 5.01. The first-order valence-electron chi connectivity index (χ1n) is 7.13. The van der Waals surface area contributed by atoms with Crippen LogP contribution in [0.3, 0.4) is 0 Å². The average Bonchev–Trinajstić information content (AvgIpc) is 2.51. The van der Waals surface area contributed by atoms with Gasteiger partial charge in [0.25, 0.3) is 0 Å². The summed E-state index contributed by atoms with van der Waals surface area (Å²) in [6.07, 6.45) is 2.64. The van der Waals surface area contributed by atoms with Crippen LogP contribution in [-0.4, -0.2) is 35.1 Å². The predicted octanol–water partition coefficient (Wildman–Crippen LogP) is 2.52. The van der Waals surface area contributed by atoms with Gasteiger partial charge in [-0.25, -0.2) is 9.97 Å². The van der Waals surface area contributed by atoms with Crippen LogP contribution in [0, 0.1) is 0 Å². The first-order valence-corrected chi connectivity index (χ1v) is 7.13. The van der Waals surface area contributed by atoms with Crippen molar-refractivity contribution in [1.82, 2.24) is 14.9 Å². The molecule has 0 spiro atoms. The third-order valence-electron chi connectivity index (χ3n) is 3.40. The Kier molecular flexibility index (Phi) is 5.51. The van der Waals surface area contributed by atoms with E-state index in [4.69, 9.17) is 10.5 Å². The zero-order valence-corrected chi connectivity index (χ0v) is 12.6. The quantitative estimate of drug-likeness (QED) is 0.792. The minimum absolute atomic E-state index is 0.130. The topological polar surface area (TPSA) is 64.3 Å². The van der Waals surface area contributed by atoms with Crippen molar-refractivity contribution < 1.29 is 4.74 Å². The van der Waals surface area contributed by atoms with Gasteiger partial charge in [-0.2, -0.15) is 0 Å². The van der Waals surface area contributed by atoms with Crippen LogP contribution in [0.25, 0.3) is 0 Å². The fourth-order valence-corrected chi connectivity index (χ4v) is 2.00. The van der Waals surface area contributed by atoms with Crippen molar-refractivity contribution in [2.75, 3.05) is 25.9 Å². The lowest BCUT2D eigenvalue weighted by atomic mass is 10.2. The molecule has 1 heterocycles. The first-order chi connectivity index (χ1) is 10.2. The van der Waals surface area contributed by atoms with E-state index in [0.717, 1.165) is 24.5 Å². The van der Waals surface area contributed by atoms with Crippen molar-refractivity contribution in [3.8, 4) is 5.75 Å². The Hall–Kier alpha value is -2.14. The molecular formula is C16H22N4O. The molecule has 5 heteroatoms. The summed E-state index contributed by atoms with van der Waals surface area (Å²) in [4.78, 5) is 10.7. The smallest absolute Gasteiger partial charge is 0.147 e. The molecule has 1 aromatic carbocycles. The average molecular weight is 286 g/mol. The Labute approximate surface area is 125 Å². The lowest BCUT2D eigenvalue weighted by Gasteiger charge is -2.23. The Bertz CT molecular complexity index is 547. The lowest BCUT2D eigenvalue weighted by Crippen LogP contribution is -2.26. The van der Waals surface area contributed by atoms with Gasteiger partial charge >= 0.3 is 0 Å². The van der Waals surface area contributed by atoms with Crippen molar-refractivity contribution in [3.63, 3.8) is 0 Å². The molecule has 0 fully saturated rings. The molecule has 5 nitrogen and oxygen atoms in total. The highest BCUT2D eigenvalue weighted by molar-refractivity contribution is 5.25. The zero-order chi connectivity index (χ0) is 15.1. The second-order valence-electron chi connectivity index (χ2n) is 5.01. The van der Waals surface area contributed by atoms with E-state index in [9.17, 15) is 0 Å². The number of anilines is 1. The molecule has 0 radical (unpaired) electrons. The number of rotatable bonds is 7. The number of hydrogen-bond donors (Lipinski definition) is 1. The summed E-state index contributed by atoms with van der Waals surface area (Å²) in [6.45, 7) is 3.68. The minimum Gasteiger partial charge on any atom is -0.494 e. The van der Waals surface area contributed by atoms with E-state index < -0.39 is 0 Å².